The fourth-order valence-electron chi connectivity index (χ4n) is 3.02. The fourth-order valence-corrected chi connectivity index (χ4v) is 3.02. The zero-order valence-corrected chi connectivity index (χ0v) is 16.9. The van der Waals surface area contributed by atoms with E-state index in [1.165, 1.54) is 19.1 Å². The summed E-state index contributed by atoms with van der Waals surface area (Å²) < 4.78 is 51.2. The third kappa shape index (κ3) is 5.38. The summed E-state index contributed by atoms with van der Waals surface area (Å²) in [6.07, 6.45) is -2.38. The van der Waals surface area contributed by atoms with E-state index in [9.17, 15) is 27.5 Å². The van der Waals surface area contributed by atoms with E-state index in [0.29, 0.717) is 23.8 Å². The molecule has 0 amide bonds. The first-order chi connectivity index (χ1) is 15.1. The van der Waals surface area contributed by atoms with E-state index in [2.05, 4.69) is 15.0 Å². The summed E-state index contributed by atoms with van der Waals surface area (Å²) in [4.78, 5) is 25.8. The zero-order chi connectivity index (χ0) is 23.5. The average molecular weight is 452 g/mol. The third-order valence-corrected chi connectivity index (χ3v) is 4.73. The lowest BCUT2D eigenvalue weighted by Crippen LogP contribution is -2.40. The molecule has 0 saturated heterocycles. The van der Waals surface area contributed by atoms with Crippen LogP contribution in [0.2, 0.25) is 0 Å². The maximum Gasteiger partial charge on any atom is 0.430 e. The molecule has 0 radical (unpaired) electrons. The van der Waals surface area contributed by atoms with Gasteiger partial charge in [-0.15, -0.1) is 0 Å². The van der Waals surface area contributed by atoms with Gasteiger partial charge in [0.1, 0.15) is 24.0 Å². The van der Waals surface area contributed by atoms with Gasteiger partial charge in [-0.25, -0.2) is 9.18 Å². The van der Waals surface area contributed by atoms with Crippen molar-refractivity contribution in [2.75, 3.05) is 18.0 Å². The van der Waals surface area contributed by atoms with E-state index >= 15 is 0 Å². The zero-order valence-electron chi connectivity index (χ0n) is 16.9. The summed E-state index contributed by atoms with van der Waals surface area (Å²) in [5.41, 5.74) is 4.17. The molecule has 1 aliphatic heterocycles. The second kappa shape index (κ2) is 9.30. The Morgan fingerprint density at radius 2 is 2.00 bits per heavy atom. The van der Waals surface area contributed by atoms with E-state index in [-0.39, 0.29) is 30.8 Å². The standard InChI is InChI=1S/C20H20F4N6O2/c1-12-27-18(28-19(32)30(12)11-26-8-6-17(25)20(22,23)24)29-9-7-15(16(31)10-29)13-2-4-14(21)5-3-13/h2-8,16,31H,9-11,25H2,1H3/b17-6-,26-8+/t16-/m0/s1. The molecule has 2 aromatic rings. The first-order valence-corrected chi connectivity index (χ1v) is 9.43. The van der Waals surface area contributed by atoms with Crippen LogP contribution in [0.5, 0.6) is 0 Å². The number of aliphatic imine (C=N–C) groups is 1. The Bertz CT molecular complexity index is 1120. The van der Waals surface area contributed by atoms with E-state index in [1.54, 1.807) is 23.1 Å². The topological polar surface area (TPSA) is 110 Å². The van der Waals surface area contributed by atoms with Gasteiger partial charge in [-0.05, 0) is 36.3 Å². The van der Waals surface area contributed by atoms with Crippen molar-refractivity contribution >= 4 is 17.7 Å². The van der Waals surface area contributed by atoms with Crippen LogP contribution in [0.1, 0.15) is 11.4 Å². The number of aliphatic hydroxyl groups is 1. The van der Waals surface area contributed by atoms with E-state index < -0.39 is 23.7 Å². The average Bonchev–Trinajstić information content (AvgIpc) is 2.72. The number of aryl methyl sites for hydroxylation is 1. The van der Waals surface area contributed by atoms with Crippen LogP contribution in [-0.4, -0.2) is 51.2 Å². The van der Waals surface area contributed by atoms with Gasteiger partial charge >= 0.3 is 11.9 Å². The van der Waals surface area contributed by atoms with Gasteiger partial charge in [0.2, 0.25) is 5.95 Å². The number of halogens is 4. The van der Waals surface area contributed by atoms with E-state index in [1.807, 2.05) is 0 Å². The lowest BCUT2D eigenvalue weighted by Gasteiger charge is -2.30. The number of β-amino-alcohol motifs (C(OH)–C–C–N with tert-alkyl or cyclic N) is 1. The lowest BCUT2D eigenvalue weighted by molar-refractivity contribution is -0.0925. The second-order valence-electron chi connectivity index (χ2n) is 6.96. The summed E-state index contributed by atoms with van der Waals surface area (Å²) >= 11 is 0. The number of rotatable bonds is 5. The van der Waals surface area contributed by atoms with Crippen molar-refractivity contribution in [2.45, 2.75) is 25.9 Å². The molecule has 3 rings (SSSR count). The summed E-state index contributed by atoms with van der Waals surface area (Å²) in [5.74, 6) is -0.0370. The number of hydrogen-bond donors (Lipinski definition) is 2. The predicted molar refractivity (Wildman–Crippen MR) is 110 cm³/mol. The smallest absolute Gasteiger partial charge is 0.395 e. The molecule has 0 saturated carbocycles. The Hall–Kier alpha value is -3.54. The van der Waals surface area contributed by atoms with Crippen LogP contribution < -0.4 is 16.3 Å². The van der Waals surface area contributed by atoms with Crippen molar-refractivity contribution in [3.8, 4) is 0 Å². The minimum Gasteiger partial charge on any atom is -0.395 e. The molecule has 12 heteroatoms. The molecule has 0 bridgehead atoms. The van der Waals surface area contributed by atoms with E-state index in [4.69, 9.17) is 5.73 Å². The number of aliphatic hydroxyl groups excluding tert-OH is 1. The maximum absolute atomic E-state index is 13.1. The predicted octanol–water partition coefficient (Wildman–Crippen LogP) is 1.78. The molecule has 1 aromatic carbocycles. The molecular formula is C20H20F4N6O2. The van der Waals surface area contributed by atoms with Gasteiger partial charge in [0, 0.05) is 12.8 Å². The van der Waals surface area contributed by atoms with Gasteiger partial charge < -0.3 is 15.7 Å². The van der Waals surface area contributed by atoms with Crippen molar-refractivity contribution in [1.29, 1.82) is 0 Å². The molecule has 1 aromatic heterocycles. The van der Waals surface area contributed by atoms with Gasteiger partial charge in [-0.2, -0.15) is 23.1 Å². The second-order valence-corrected chi connectivity index (χ2v) is 6.96. The maximum atomic E-state index is 13.1. The largest absolute Gasteiger partial charge is 0.430 e. The van der Waals surface area contributed by atoms with Gasteiger partial charge in [-0.1, -0.05) is 18.2 Å². The highest BCUT2D eigenvalue weighted by atomic mass is 19.4. The molecule has 1 aliphatic rings. The quantitative estimate of drug-likeness (QED) is 0.529. The lowest BCUT2D eigenvalue weighted by atomic mass is 9.97. The van der Waals surface area contributed by atoms with Gasteiger partial charge in [-0.3, -0.25) is 9.56 Å². The third-order valence-electron chi connectivity index (χ3n) is 4.73. The summed E-state index contributed by atoms with van der Waals surface area (Å²) in [5, 5.41) is 10.5. The highest BCUT2D eigenvalue weighted by molar-refractivity contribution is 5.72. The van der Waals surface area contributed by atoms with Crippen LogP contribution in [0, 0.1) is 12.7 Å². The normalized spacial score (nSPS) is 17.7. The van der Waals surface area contributed by atoms with Crippen LogP contribution in [0.25, 0.3) is 5.57 Å². The van der Waals surface area contributed by atoms with Crippen molar-refractivity contribution < 1.29 is 22.7 Å². The van der Waals surface area contributed by atoms with E-state index in [0.717, 1.165) is 10.8 Å². The number of hydrogen-bond acceptors (Lipinski definition) is 7. The molecule has 1 atom stereocenters. The fraction of sp³-hybridized carbons (Fsp3) is 0.300. The number of nitrogens with two attached hydrogens (primary N) is 1. The minimum atomic E-state index is -4.66. The number of alkyl halides is 3. The van der Waals surface area contributed by atoms with Crippen LogP contribution in [0.3, 0.4) is 0 Å². The number of aromatic nitrogens is 3. The highest BCUT2D eigenvalue weighted by Gasteiger charge is 2.30. The Balaban J connectivity index is 1.74. The first-order valence-electron chi connectivity index (χ1n) is 9.43. The van der Waals surface area contributed by atoms with Crippen LogP contribution in [0.4, 0.5) is 23.5 Å². The van der Waals surface area contributed by atoms with Crippen molar-refractivity contribution in [1.82, 2.24) is 14.5 Å². The Labute approximate surface area is 180 Å². The minimum absolute atomic E-state index is 0.0994. The van der Waals surface area contributed by atoms with Crippen molar-refractivity contribution in [2.24, 2.45) is 10.7 Å². The first kappa shape index (κ1) is 23.1. The van der Waals surface area contributed by atoms with Crippen LogP contribution in [0.15, 0.2) is 51.9 Å². The summed E-state index contributed by atoms with van der Waals surface area (Å²) in [6, 6.07) is 5.74. The molecule has 2 heterocycles. The number of anilines is 1. The Kier molecular flexibility index (Phi) is 6.72. The molecule has 0 fully saturated rings. The summed E-state index contributed by atoms with van der Waals surface area (Å²) in [6.45, 7) is 1.67. The number of nitrogens with zero attached hydrogens (tertiary/aromatic N) is 5. The molecule has 0 unspecified atom stereocenters. The van der Waals surface area contributed by atoms with Crippen LogP contribution in [-0.2, 0) is 6.67 Å². The number of benzene rings is 1. The monoisotopic (exact) mass is 452 g/mol. The van der Waals surface area contributed by atoms with Crippen molar-refractivity contribution in [3.05, 3.63) is 69.8 Å². The molecule has 0 spiro atoms. The molecule has 0 aliphatic carbocycles. The summed E-state index contributed by atoms with van der Waals surface area (Å²) in [7, 11) is 0. The number of allylic oxidation sites excluding steroid dienone is 2. The molecule has 3 N–H and O–H groups in total. The van der Waals surface area contributed by atoms with Gasteiger partial charge in [0.05, 0.1) is 12.6 Å². The van der Waals surface area contributed by atoms with Crippen LogP contribution >= 0.6 is 0 Å². The van der Waals surface area contributed by atoms with Crippen molar-refractivity contribution in [3.63, 3.8) is 0 Å². The van der Waals surface area contributed by atoms with Gasteiger partial charge in [0.25, 0.3) is 0 Å². The highest BCUT2D eigenvalue weighted by Crippen LogP contribution is 2.25. The Morgan fingerprint density at radius 1 is 1.31 bits per heavy atom. The molecular weight excluding hydrogens is 432 g/mol. The molecule has 8 nitrogen and oxygen atoms in total. The molecule has 170 valence electrons. The Morgan fingerprint density at radius 3 is 2.59 bits per heavy atom. The molecule has 32 heavy (non-hydrogen) atoms. The SMILES string of the molecule is Cc1nc(N2CC=C(c3ccc(F)cc3)[C@@H](O)C2)nc(=O)n1C/N=C/C=C(\N)C(F)(F)F. The van der Waals surface area contributed by atoms with Gasteiger partial charge in [0.15, 0.2) is 0 Å².